The van der Waals surface area contributed by atoms with Gasteiger partial charge in [0.2, 0.25) is 11.8 Å². The van der Waals surface area contributed by atoms with Crippen molar-refractivity contribution in [2.24, 2.45) is 17.4 Å². The van der Waals surface area contributed by atoms with Crippen molar-refractivity contribution in [1.29, 1.82) is 0 Å². The maximum atomic E-state index is 11.7. The Kier molecular flexibility index (Phi) is 5.25. The third-order valence-electron chi connectivity index (χ3n) is 3.04. The molecule has 1 saturated carbocycles. The molecule has 0 aliphatic heterocycles. The number of rotatable bonds is 5. The molecule has 5 heteroatoms. The Hall–Kier alpha value is -1.10. The standard InChI is InChI=1S/C11H21N3O2/c12-9-5-3-8(4-6-9)11(16)14-7-1-2-10(13)15/h8-9H,1-7,12H2,(H2,13,15)(H,14,16). The van der Waals surface area contributed by atoms with Crippen LogP contribution in [-0.4, -0.2) is 24.4 Å². The van der Waals surface area contributed by atoms with Crippen molar-refractivity contribution in [3.05, 3.63) is 0 Å². The van der Waals surface area contributed by atoms with E-state index in [1.165, 1.54) is 0 Å². The van der Waals surface area contributed by atoms with E-state index in [-0.39, 0.29) is 23.8 Å². The predicted molar refractivity (Wildman–Crippen MR) is 61.4 cm³/mol. The molecule has 0 unspecified atom stereocenters. The molecule has 0 heterocycles. The van der Waals surface area contributed by atoms with Crippen molar-refractivity contribution in [1.82, 2.24) is 5.32 Å². The Balaban J connectivity index is 2.12. The van der Waals surface area contributed by atoms with E-state index in [0.29, 0.717) is 19.4 Å². The fraction of sp³-hybridized carbons (Fsp3) is 0.818. The van der Waals surface area contributed by atoms with Gasteiger partial charge in [-0.25, -0.2) is 0 Å². The number of primary amides is 1. The summed E-state index contributed by atoms with van der Waals surface area (Å²) in [4.78, 5) is 22.2. The Morgan fingerprint density at radius 2 is 1.81 bits per heavy atom. The van der Waals surface area contributed by atoms with E-state index in [2.05, 4.69) is 5.32 Å². The highest BCUT2D eigenvalue weighted by molar-refractivity contribution is 5.78. The van der Waals surface area contributed by atoms with Gasteiger partial charge < -0.3 is 16.8 Å². The molecule has 0 aromatic rings. The van der Waals surface area contributed by atoms with E-state index < -0.39 is 0 Å². The van der Waals surface area contributed by atoms with Gasteiger partial charge in [0, 0.05) is 24.9 Å². The molecule has 0 saturated heterocycles. The number of hydrogen-bond donors (Lipinski definition) is 3. The first-order chi connectivity index (χ1) is 7.59. The van der Waals surface area contributed by atoms with E-state index in [0.717, 1.165) is 25.7 Å². The molecular weight excluding hydrogens is 206 g/mol. The summed E-state index contributed by atoms with van der Waals surface area (Å²) in [5.41, 5.74) is 10.8. The average Bonchev–Trinajstić information content (AvgIpc) is 2.25. The zero-order chi connectivity index (χ0) is 12.0. The summed E-state index contributed by atoms with van der Waals surface area (Å²) in [5, 5.41) is 2.84. The lowest BCUT2D eigenvalue weighted by molar-refractivity contribution is -0.126. The SMILES string of the molecule is NC(=O)CCCNC(=O)C1CCC(N)CC1. The van der Waals surface area contributed by atoms with Gasteiger partial charge in [-0.3, -0.25) is 9.59 Å². The minimum atomic E-state index is -0.321. The van der Waals surface area contributed by atoms with Crippen molar-refractivity contribution >= 4 is 11.8 Å². The Labute approximate surface area is 95.9 Å². The molecule has 0 atom stereocenters. The summed E-state index contributed by atoms with van der Waals surface area (Å²) in [6, 6.07) is 0.263. The van der Waals surface area contributed by atoms with Crippen LogP contribution >= 0.6 is 0 Å². The molecule has 1 aliphatic carbocycles. The molecule has 0 radical (unpaired) electrons. The second-order valence-electron chi connectivity index (χ2n) is 4.47. The number of amides is 2. The minimum absolute atomic E-state index is 0.0939. The van der Waals surface area contributed by atoms with Gasteiger partial charge in [0.25, 0.3) is 0 Å². The van der Waals surface area contributed by atoms with Crippen molar-refractivity contribution in [3.63, 3.8) is 0 Å². The number of carbonyl (C=O) groups excluding carboxylic acids is 2. The van der Waals surface area contributed by atoms with Gasteiger partial charge in [0.1, 0.15) is 0 Å². The number of nitrogens with one attached hydrogen (secondary N) is 1. The second kappa shape index (κ2) is 6.48. The molecule has 1 aliphatic rings. The van der Waals surface area contributed by atoms with E-state index >= 15 is 0 Å². The third kappa shape index (κ3) is 4.61. The Bertz CT molecular complexity index is 248. The minimum Gasteiger partial charge on any atom is -0.370 e. The van der Waals surface area contributed by atoms with Gasteiger partial charge >= 0.3 is 0 Å². The third-order valence-corrected chi connectivity index (χ3v) is 3.04. The van der Waals surface area contributed by atoms with Crippen molar-refractivity contribution < 1.29 is 9.59 Å². The molecule has 2 amide bonds. The average molecular weight is 227 g/mol. The van der Waals surface area contributed by atoms with E-state index in [1.54, 1.807) is 0 Å². The molecule has 0 aromatic carbocycles. The summed E-state index contributed by atoms with van der Waals surface area (Å²) in [6.07, 6.45) is 4.56. The molecule has 0 aromatic heterocycles. The highest BCUT2D eigenvalue weighted by atomic mass is 16.2. The molecule has 0 spiro atoms. The van der Waals surface area contributed by atoms with Gasteiger partial charge in [-0.05, 0) is 32.1 Å². The summed E-state index contributed by atoms with van der Waals surface area (Å²) in [7, 11) is 0. The molecule has 1 rings (SSSR count). The lowest BCUT2D eigenvalue weighted by Crippen LogP contribution is -2.36. The van der Waals surface area contributed by atoms with Crippen LogP contribution < -0.4 is 16.8 Å². The second-order valence-corrected chi connectivity index (χ2v) is 4.47. The molecular formula is C11H21N3O2. The van der Waals surface area contributed by atoms with Gasteiger partial charge in [0.05, 0.1) is 0 Å². The lowest BCUT2D eigenvalue weighted by atomic mass is 9.86. The van der Waals surface area contributed by atoms with Crippen LogP contribution in [0.1, 0.15) is 38.5 Å². The van der Waals surface area contributed by atoms with Crippen molar-refractivity contribution in [3.8, 4) is 0 Å². The maximum Gasteiger partial charge on any atom is 0.223 e. The molecule has 5 nitrogen and oxygen atoms in total. The quantitative estimate of drug-likeness (QED) is 0.571. The van der Waals surface area contributed by atoms with Gasteiger partial charge in [-0.2, -0.15) is 0 Å². The fourth-order valence-corrected chi connectivity index (χ4v) is 2.00. The highest BCUT2D eigenvalue weighted by Gasteiger charge is 2.23. The first-order valence-electron chi connectivity index (χ1n) is 5.91. The van der Waals surface area contributed by atoms with Crippen LogP contribution in [0.2, 0.25) is 0 Å². The van der Waals surface area contributed by atoms with Gasteiger partial charge in [-0.15, -0.1) is 0 Å². The van der Waals surface area contributed by atoms with Crippen molar-refractivity contribution in [2.75, 3.05) is 6.54 Å². The van der Waals surface area contributed by atoms with Crippen LogP contribution in [0.3, 0.4) is 0 Å². The zero-order valence-electron chi connectivity index (χ0n) is 9.58. The first kappa shape index (κ1) is 13.0. The fourth-order valence-electron chi connectivity index (χ4n) is 2.00. The van der Waals surface area contributed by atoms with Crippen molar-refractivity contribution in [2.45, 2.75) is 44.6 Å². The molecule has 1 fully saturated rings. The first-order valence-corrected chi connectivity index (χ1v) is 5.91. The molecule has 5 N–H and O–H groups in total. The summed E-state index contributed by atoms with van der Waals surface area (Å²) in [6.45, 7) is 0.532. The normalized spacial score (nSPS) is 25.1. The van der Waals surface area contributed by atoms with Gasteiger partial charge in [-0.1, -0.05) is 0 Å². The number of carbonyl (C=O) groups is 2. The van der Waals surface area contributed by atoms with E-state index in [9.17, 15) is 9.59 Å². The van der Waals surface area contributed by atoms with Crippen LogP contribution in [0.15, 0.2) is 0 Å². The van der Waals surface area contributed by atoms with Crippen LogP contribution in [0.5, 0.6) is 0 Å². The molecule has 16 heavy (non-hydrogen) atoms. The topological polar surface area (TPSA) is 98.2 Å². The summed E-state index contributed by atoms with van der Waals surface area (Å²) >= 11 is 0. The Morgan fingerprint density at radius 1 is 1.19 bits per heavy atom. The highest BCUT2D eigenvalue weighted by Crippen LogP contribution is 2.22. The lowest BCUT2D eigenvalue weighted by Gasteiger charge is -2.25. The monoisotopic (exact) mass is 227 g/mol. The van der Waals surface area contributed by atoms with Gasteiger partial charge in [0.15, 0.2) is 0 Å². The Morgan fingerprint density at radius 3 is 2.38 bits per heavy atom. The number of hydrogen-bond acceptors (Lipinski definition) is 3. The van der Waals surface area contributed by atoms with E-state index in [4.69, 9.17) is 11.5 Å². The number of nitrogens with two attached hydrogens (primary N) is 2. The largest absolute Gasteiger partial charge is 0.370 e. The zero-order valence-corrected chi connectivity index (χ0v) is 9.58. The summed E-state index contributed by atoms with van der Waals surface area (Å²) in [5.74, 6) is -0.123. The summed E-state index contributed by atoms with van der Waals surface area (Å²) < 4.78 is 0. The van der Waals surface area contributed by atoms with Crippen LogP contribution in [0.4, 0.5) is 0 Å². The smallest absolute Gasteiger partial charge is 0.223 e. The van der Waals surface area contributed by atoms with Crippen LogP contribution in [0, 0.1) is 5.92 Å². The molecule has 92 valence electrons. The van der Waals surface area contributed by atoms with E-state index in [1.807, 2.05) is 0 Å². The van der Waals surface area contributed by atoms with Crippen LogP contribution in [-0.2, 0) is 9.59 Å². The maximum absolute atomic E-state index is 11.7. The van der Waals surface area contributed by atoms with Crippen LogP contribution in [0.25, 0.3) is 0 Å². The molecule has 0 bridgehead atoms. The predicted octanol–water partition coefficient (Wildman–Crippen LogP) is -0.114.